The van der Waals surface area contributed by atoms with Gasteiger partial charge in [-0.05, 0) is 49.6 Å². The van der Waals surface area contributed by atoms with Gasteiger partial charge in [0.2, 0.25) is 0 Å². The third-order valence-electron chi connectivity index (χ3n) is 5.85. The summed E-state index contributed by atoms with van der Waals surface area (Å²) >= 11 is 1.65. The van der Waals surface area contributed by atoms with Gasteiger partial charge >= 0.3 is 0 Å². The van der Waals surface area contributed by atoms with E-state index in [1.807, 2.05) is 37.3 Å². The number of pyridine rings is 1. The largest absolute Gasteiger partial charge is 0.494 e. The number of methoxy groups -OCH3 is 1. The highest BCUT2D eigenvalue weighted by atomic mass is 32.1. The van der Waals surface area contributed by atoms with E-state index in [9.17, 15) is 0 Å². The Morgan fingerprint density at radius 2 is 1.85 bits per heavy atom. The van der Waals surface area contributed by atoms with Crippen LogP contribution in [0.5, 0.6) is 11.5 Å². The number of hydrogen-bond acceptors (Lipinski definition) is 9. The Hall–Kier alpha value is -3.46. The number of benzene rings is 1. The summed E-state index contributed by atoms with van der Waals surface area (Å²) in [5.41, 5.74) is 1.86. The second-order valence-corrected chi connectivity index (χ2v) is 9.45. The van der Waals surface area contributed by atoms with Crippen molar-refractivity contribution in [2.75, 3.05) is 17.7 Å². The van der Waals surface area contributed by atoms with Crippen molar-refractivity contribution in [2.45, 2.75) is 51.7 Å². The molecule has 34 heavy (non-hydrogen) atoms. The van der Waals surface area contributed by atoms with Gasteiger partial charge in [-0.2, -0.15) is 0 Å². The number of rotatable bonds is 8. The Kier molecular flexibility index (Phi) is 6.71. The molecule has 1 saturated carbocycles. The zero-order chi connectivity index (χ0) is 23.3. The average Bonchev–Trinajstić information content (AvgIpc) is 3.25. The van der Waals surface area contributed by atoms with Gasteiger partial charge in [0.25, 0.3) is 0 Å². The number of ether oxygens (including phenoxy) is 2. The first-order chi connectivity index (χ1) is 16.7. The lowest BCUT2D eigenvalue weighted by Gasteiger charge is -2.22. The number of nitrogens with one attached hydrogen (secondary N) is 2. The van der Waals surface area contributed by atoms with Crippen LogP contribution in [0, 0.1) is 6.92 Å². The molecule has 8 nitrogen and oxygen atoms in total. The molecule has 4 aromatic rings. The highest BCUT2D eigenvalue weighted by Crippen LogP contribution is 2.37. The van der Waals surface area contributed by atoms with E-state index in [2.05, 4.69) is 25.6 Å². The molecule has 0 atom stereocenters. The number of fused-ring (bicyclic) bond motifs is 1. The maximum Gasteiger partial charge on any atom is 0.184 e. The van der Waals surface area contributed by atoms with Gasteiger partial charge in [-0.3, -0.25) is 0 Å². The van der Waals surface area contributed by atoms with Crippen LogP contribution in [0.1, 0.15) is 43.5 Å². The molecule has 2 N–H and O–H groups in total. The summed E-state index contributed by atoms with van der Waals surface area (Å²) in [7, 11) is 1.67. The Balaban J connectivity index is 1.29. The van der Waals surface area contributed by atoms with Crippen LogP contribution in [-0.4, -0.2) is 33.1 Å². The summed E-state index contributed by atoms with van der Waals surface area (Å²) < 4.78 is 12.8. The number of aromatic nitrogens is 4. The minimum atomic E-state index is 0.403. The lowest BCUT2D eigenvalue weighted by Crippen LogP contribution is -2.21. The summed E-state index contributed by atoms with van der Waals surface area (Å²) in [6, 6.07) is 10.1. The molecular formula is C25H28N6O2S. The molecule has 3 heterocycles. The van der Waals surface area contributed by atoms with Crippen LogP contribution in [0.4, 0.5) is 16.8 Å². The summed E-state index contributed by atoms with van der Waals surface area (Å²) in [5.74, 6) is 3.57. The fourth-order valence-corrected chi connectivity index (χ4v) is 5.14. The van der Waals surface area contributed by atoms with E-state index in [1.165, 1.54) is 32.1 Å². The van der Waals surface area contributed by atoms with Gasteiger partial charge in [-0.15, -0.1) is 0 Å². The fraction of sp³-hybridized carbons (Fsp3) is 0.360. The monoisotopic (exact) mass is 476 g/mol. The third-order valence-corrected chi connectivity index (χ3v) is 6.78. The quantitative estimate of drug-likeness (QED) is 0.326. The smallest absolute Gasteiger partial charge is 0.184 e. The van der Waals surface area contributed by atoms with E-state index in [-0.39, 0.29) is 0 Å². The molecule has 1 aliphatic rings. The predicted octanol–water partition coefficient (Wildman–Crippen LogP) is 5.87. The van der Waals surface area contributed by atoms with Gasteiger partial charge in [0.05, 0.1) is 11.8 Å². The minimum Gasteiger partial charge on any atom is -0.494 e. The van der Waals surface area contributed by atoms with Crippen LogP contribution < -0.4 is 20.1 Å². The standard InChI is InChI=1S/C25H28N6O2S/c1-16-26-11-9-22(28-16)30-23-12-17(8-10-27-23)15-33-19-13-20(32-2)24-21(14-19)34-25(31-24)29-18-6-4-3-5-7-18/h8-14,18H,3-7,15H2,1-2H3,(H,29,31)(H,26,27,28,30). The molecule has 1 aromatic carbocycles. The van der Waals surface area contributed by atoms with Crippen molar-refractivity contribution < 1.29 is 9.47 Å². The molecule has 0 bridgehead atoms. The van der Waals surface area contributed by atoms with Crippen molar-refractivity contribution in [3.8, 4) is 11.5 Å². The molecule has 0 amide bonds. The summed E-state index contributed by atoms with van der Waals surface area (Å²) in [5, 5.41) is 7.77. The molecule has 0 radical (unpaired) electrons. The van der Waals surface area contributed by atoms with Crippen LogP contribution in [0.2, 0.25) is 0 Å². The molecule has 0 spiro atoms. The predicted molar refractivity (Wildman–Crippen MR) is 135 cm³/mol. The van der Waals surface area contributed by atoms with Crippen molar-refractivity contribution in [3.63, 3.8) is 0 Å². The first kappa shape index (κ1) is 22.3. The van der Waals surface area contributed by atoms with Crippen molar-refractivity contribution in [1.29, 1.82) is 0 Å². The van der Waals surface area contributed by atoms with Gasteiger partial charge < -0.3 is 20.1 Å². The fourth-order valence-electron chi connectivity index (χ4n) is 4.15. The minimum absolute atomic E-state index is 0.403. The third kappa shape index (κ3) is 5.36. The van der Waals surface area contributed by atoms with Crippen molar-refractivity contribution >= 4 is 38.3 Å². The van der Waals surface area contributed by atoms with Crippen LogP contribution in [0.25, 0.3) is 10.2 Å². The molecule has 5 rings (SSSR count). The maximum atomic E-state index is 6.12. The van der Waals surface area contributed by atoms with E-state index in [4.69, 9.17) is 14.5 Å². The van der Waals surface area contributed by atoms with E-state index >= 15 is 0 Å². The van der Waals surface area contributed by atoms with Crippen molar-refractivity contribution in [3.05, 3.63) is 54.1 Å². The van der Waals surface area contributed by atoms with Gasteiger partial charge in [0, 0.05) is 24.5 Å². The normalized spacial score (nSPS) is 14.2. The van der Waals surface area contributed by atoms with Gasteiger partial charge in [-0.1, -0.05) is 30.6 Å². The molecule has 0 aliphatic heterocycles. The Morgan fingerprint density at radius 1 is 1.00 bits per heavy atom. The number of hydrogen-bond donors (Lipinski definition) is 2. The SMILES string of the molecule is COc1cc(OCc2ccnc(Nc3ccnc(C)n3)c2)cc2sc(NC3CCCCC3)nc12. The van der Waals surface area contributed by atoms with E-state index < -0.39 is 0 Å². The highest BCUT2D eigenvalue weighted by Gasteiger charge is 2.17. The van der Waals surface area contributed by atoms with Gasteiger partial charge in [0.1, 0.15) is 41.1 Å². The van der Waals surface area contributed by atoms with E-state index in [0.717, 1.165) is 32.4 Å². The molecular weight excluding hydrogens is 448 g/mol. The summed E-state index contributed by atoms with van der Waals surface area (Å²) in [4.78, 5) is 17.7. The number of anilines is 3. The second kappa shape index (κ2) is 10.2. The zero-order valence-electron chi connectivity index (χ0n) is 19.4. The Bertz CT molecular complexity index is 1270. The van der Waals surface area contributed by atoms with Crippen LogP contribution in [0.15, 0.2) is 42.7 Å². The Labute approximate surface area is 202 Å². The van der Waals surface area contributed by atoms with Crippen LogP contribution >= 0.6 is 11.3 Å². The summed E-state index contributed by atoms with van der Waals surface area (Å²) in [6.45, 7) is 2.26. The van der Waals surface area contributed by atoms with E-state index in [0.29, 0.717) is 30.1 Å². The highest BCUT2D eigenvalue weighted by molar-refractivity contribution is 7.22. The lowest BCUT2D eigenvalue weighted by atomic mass is 9.96. The molecule has 3 aromatic heterocycles. The van der Waals surface area contributed by atoms with Gasteiger partial charge in [0.15, 0.2) is 5.13 Å². The van der Waals surface area contributed by atoms with Gasteiger partial charge in [-0.25, -0.2) is 19.9 Å². The molecule has 176 valence electrons. The molecule has 9 heteroatoms. The number of thiazole rings is 1. The van der Waals surface area contributed by atoms with Crippen molar-refractivity contribution in [1.82, 2.24) is 19.9 Å². The Morgan fingerprint density at radius 3 is 2.68 bits per heavy atom. The first-order valence-electron chi connectivity index (χ1n) is 11.6. The molecule has 0 unspecified atom stereocenters. The summed E-state index contributed by atoms with van der Waals surface area (Å²) in [6.07, 6.45) is 9.80. The second-order valence-electron chi connectivity index (χ2n) is 8.42. The number of nitrogens with zero attached hydrogens (tertiary/aromatic N) is 4. The first-order valence-corrected chi connectivity index (χ1v) is 12.4. The van der Waals surface area contributed by atoms with Crippen LogP contribution in [-0.2, 0) is 6.61 Å². The lowest BCUT2D eigenvalue weighted by molar-refractivity contribution is 0.304. The topological polar surface area (TPSA) is 94.1 Å². The molecule has 1 fully saturated rings. The molecule has 1 aliphatic carbocycles. The van der Waals surface area contributed by atoms with E-state index in [1.54, 1.807) is 30.8 Å². The van der Waals surface area contributed by atoms with Crippen molar-refractivity contribution in [2.24, 2.45) is 0 Å². The maximum absolute atomic E-state index is 6.12. The zero-order valence-corrected chi connectivity index (χ0v) is 20.2. The number of aryl methyl sites for hydroxylation is 1. The molecule has 0 saturated heterocycles. The van der Waals surface area contributed by atoms with Crippen LogP contribution in [0.3, 0.4) is 0 Å². The average molecular weight is 477 g/mol.